The molecule has 6 heteroatoms. The lowest BCUT2D eigenvalue weighted by molar-refractivity contribution is -0.127. The molecule has 0 spiro atoms. The van der Waals surface area contributed by atoms with Crippen molar-refractivity contribution in [1.29, 1.82) is 0 Å². The van der Waals surface area contributed by atoms with Crippen LogP contribution >= 0.6 is 26.6 Å². The summed E-state index contributed by atoms with van der Waals surface area (Å²) in [4.78, 5) is 12.0. The van der Waals surface area contributed by atoms with Gasteiger partial charge in [0.1, 0.15) is 0 Å². The van der Waals surface area contributed by atoms with E-state index < -0.39 is 14.5 Å². The van der Waals surface area contributed by atoms with Crippen LogP contribution in [0.2, 0.25) is 0 Å². The molecule has 0 aromatic heterocycles. The van der Waals surface area contributed by atoms with Crippen LogP contribution in [0.25, 0.3) is 0 Å². The van der Waals surface area contributed by atoms with E-state index in [1.54, 1.807) is 0 Å². The molecule has 16 heavy (non-hydrogen) atoms. The molecule has 92 valence electrons. The first kappa shape index (κ1) is 12.8. The molecule has 0 heterocycles. The lowest BCUT2D eigenvalue weighted by Gasteiger charge is -2.35. The number of fused-ring (bicyclic) bond motifs is 2. The third-order valence-electron chi connectivity index (χ3n) is 4.54. The predicted octanol–water partition coefficient (Wildman–Crippen LogP) is 2.32. The van der Waals surface area contributed by atoms with E-state index in [1.807, 2.05) is 13.8 Å². The molecule has 2 rings (SSSR count). The van der Waals surface area contributed by atoms with Crippen molar-refractivity contribution in [2.75, 3.05) is 5.75 Å². The smallest absolute Gasteiger partial charge is 0.233 e. The van der Waals surface area contributed by atoms with Crippen molar-refractivity contribution < 1.29 is 13.2 Å². The van der Waals surface area contributed by atoms with E-state index in [1.165, 1.54) is 0 Å². The Kier molecular flexibility index (Phi) is 2.77. The molecule has 2 saturated carbocycles. The molecule has 0 aromatic rings. The molecule has 2 fully saturated rings. The summed E-state index contributed by atoms with van der Waals surface area (Å²) in [6.07, 6.45) is 1.53. The number of carbonyl (C=O) groups is 1. The van der Waals surface area contributed by atoms with E-state index >= 15 is 0 Å². The number of alkyl halides is 1. The molecule has 3 nitrogen and oxygen atoms in total. The Morgan fingerprint density at radius 2 is 2.06 bits per heavy atom. The highest BCUT2D eigenvalue weighted by Crippen LogP contribution is 2.65. The van der Waals surface area contributed by atoms with Crippen molar-refractivity contribution in [3.63, 3.8) is 0 Å². The van der Waals surface area contributed by atoms with E-state index in [0.717, 1.165) is 6.42 Å². The zero-order valence-corrected chi connectivity index (χ0v) is 12.3. The van der Waals surface area contributed by atoms with Gasteiger partial charge in [0.05, 0.1) is 16.0 Å². The molecule has 2 bridgehead atoms. The Bertz CT molecular complexity index is 445. The zero-order valence-electron chi connectivity index (χ0n) is 9.16. The van der Waals surface area contributed by atoms with Crippen molar-refractivity contribution in [2.45, 2.75) is 31.5 Å². The van der Waals surface area contributed by atoms with Crippen molar-refractivity contribution in [3.05, 3.63) is 0 Å². The van der Waals surface area contributed by atoms with Crippen molar-refractivity contribution in [2.24, 2.45) is 16.7 Å². The van der Waals surface area contributed by atoms with Crippen LogP contribution in [0.15, 0.2) is 0 Å². The van der Waals surface area contributed by atoms with Gasteiger partial charge < -0.3 is 0 Å². The van der Waals surface area contributed by atoms with Gasteiger partial charge in [-0.25, -0.2) is 8.42 Å². The van der Waals surface area contributed by atoms with Crippen LogP contribution in [0.4, 0.5) is 0 Å². The van der Waals surface area contributed by atoms with Crippen LogP contribution in [0.5, 0.6) is 0 Å². The summed E-state index contributed by atoms with van der Waals surface area (Å²) < 4.78 is 22.6. The van der Waals surface area contributed by atoms with Crippen LogP contribution in [-0.4, -0.2) is 24.8 Å². The number of halogens is 2. The van der Waals surface area contributed by atoms with Gasteiger partial charge in [-0.15, -0.1) is 0 Å². The molecular formula is C10H14BrClO3S. The maximum absolute atomic E-state index is 12.2. The van der Waals surface area contributed by atoms with Crippen LogP contribution in [-0.2, 0) is 13.8 Å². The van der Waals surface area contributed by atoms with Gasteiger partial charge in [-0.05, 0) is 24.2 Å². The number of hydrogen-bond acceptors (Lipinski definition) is 3. The summed E-state index contributed by atoms with van der Waals surface area (Å²) in [5, 5.41) is 0. The Hall–Kier alpha value is 0.390. The fourth-order valence-corrected chi connectivity index (χ4v) is 6.63. The normalized spacial score (nSPS) is 41.6. The van der Waals surface area contributed by atoms with Gasteiger partial charge in [0, 0.05) is 10.7 Å². The molecule has 0 radical (unpaired) electrons. The van der Waals surface area contributed by atoms with Gasteiger partial charge in [-0.3, -0.25) is 4.79 Å². The molecule has 2 aliphatic rings. The van der Waals surface area contributed by atoms with Gasteiger partial charge in [0.15, 0.2) is 5.78 Å². The molecule has 3 unspecified atom stereocenters. The van der Waals surface area contributed by atoms with Crippen LogP contribution in [0.3, 0.4) is 0 Å². The standard InChI is InChI=1S/C10H14BrClO3S/c1-9(2)6-3-4-10(9,5-16(12,14)15)8(13)7(6)11/h6-7H,3-5H2,1-2H3. The Balaban J connectivity index is 2.50. The maximum Gasteiger partial charge on any atom is 0.233 e. The third-order valence-corrected chi connectivity index (χ3v) is 6.76. The van der Waals surface area contributed by atoms with Gasteiger partial charge in [0.25, 0.3) is 0 Å². The van der Waals surface area contributed by atoms with E-state index in [2.05, 4.69) is 15.9 Å². The molecule has 0 aliphatic heterocycles. The monoisotopic (exact) mass is 328 g/mol. The Morgan fingerprint density at radius 1 is 1.50 bits per heavy atom. The lowest BCUT2D eigenvalue weighted by atomic mass is 9.70. The minimum atomic E-state index is -3.65. The van der Waals surface area contributed by atoms with Gasteiger partial charge in [0.2, 0.25) is 9.05 Å². The van der Waals surface area contributed by atoms with Gasteiger partial charge in [-0.2, -0.15) is 0 Å². The van der Waals surface area contributed by atoms with Gasteiger partial charge in [-0.1, -0.05) is 29.8 Å². The second-order valence-corrected chi connectivity index (χ2v) is 9.16. The average Bonchev–Trinajstić information content (AvgIpc) is 2.39. The molecule has 0 saturated heterocycles. The topological polar surface area (TPSA) is 51.2 Å². The molecule has 3 atom stereocenters. The lowest BCUT2D eigenvalue weighted by Crippen LogP contribution is -2.42. The van der Waals surface area contributed by atoms with Crippen molar-refractivity contribution in [3.8, 4) is 0 Å². The van der Waals surface area contributed by atoms with Crippen molar-refractivity contribution in [1.82, 2.24) is 0 Å². The van der Waals surface area contributed by atoms with Gasteiger partial charge >= 0.3 is 0 Å². The highest BCUT2D eigenvalue weighted by atomic mass is 79.9. The summed E-state index contributed by atoms with van der Waals surface area (Å²) in [6, 6.07) is 0. The van der Waals surface area contributed by atoms with Crippen LogP contribution in [0, 0.1) is 16.7 Å². The zero-order chi connectivity index (χ0) is 12.4. The first-order valence-electron chi connectivity index (χ1n) is 5.22. The van der Waals surface area contributed by atoms with E-state index in [9.17, 15) is 13.2 Å². The second-order valence-electron chi connectivity index (χ2n) is 5.40. The minimum Gasteiger partial charge on any atom is -0.298 e. The third kappa shape index (κ3) is 1.51. The number of rotatable bonds is 2. The number of ketones is 1. The summed E-state index contributed by atoms with van der Waals surface area (Å²) >= 11 is 3.39. The van der Waals surface area contributed by atoms with E-state index in [4.69, 9.17) is 10.7 Å². The van der Waals surface area contributed by atoms with Crippen LogP contribution < -0.4 is 0 Å². The van der Waals surface area contributed by atoms with Crippen LogP contribution in [0.1, 0.15) is 26.7 Å². The first-order chi connectivity index (χ1) is 7.12. The summed E-state index contributed by atoms with van der Waals surface area (Å²) in [5.74, 6) is 0.00260. The molecule has 0 amide bonds. The summed E-state index contributed by atoms with van der Waals surface area (Å²) in [7, 11) is 1.70. The molecule has 2 aliphatic carbocycles. The van der Waals surface area contributed by atoms with Crippen molar-refractivity contribution >= 4 is 41.4 Å². The summed E-state index contributed by atoms with van der Waals surface area (Å²) in [6.45, 7) is 3.96. The second kappa shape index (κ2) is 3.45. The largest absolute Gasteiger partial charge is 0.298 e. The molecular weight excluding hydrogens is 316 g/mol. The van der Waals surface area contributed by atoms with E-state index in [-0.39, 0.29) is 27.7 Å². The highest BCUT2D eigenvalue weighted by molar-refractivity contribution is 9.10. The average molecular weight is 330 g/mol. The molecule has 0 N–H and O–H groups in total. The SMILES string of the molecule is CC1(C)C2CCC1(CS(=O)(=O)Cl)C(=O)C2Br. The highest BCUT2D eigenvalue weighted by Gasteiger charge is 2.68. The fourth-order valence-electron chi connectivity index (χ4n) is 3.46. The minimum absolute atomic E-state index is 0.0120. The predicted molar refractivity (Wildman–Crippen MR) is 66.3 cm³/mol. The number of carbonyl (C=O) groups excluding carboxylic acids is 1. The quantitative estimate of drug-likeness (QED) is 0.577. The summed E-state index contributed by atoms with van der Waals surface area (Å²) in [5.41, 5.74) is -1.08. The van der Waals surface area contributed by atoms with E-state index in [0.29, 0.717) is 6.42 Å². The first-order valence-corrected chi connectivity index (χ1v) is 8.62. The number of hydrogen-bond donors (Lipinski definition) is 0. The Morgan fingerprint density at radius 3 is 2.44 bits per heavy atom. The maximum atomic E-state index is 12.2. The Labute approximate surface area is 108 Å². The number of Topliss-reactive ketones (excluding diaryl/α,β-unsaturated/α-hetero) is 1. The molecule has 0 aromatic carbocycles. The fraction of sp³-hybridized carbons (Fsp3) is 0.900.